The first-order chi connectivity index (χ1) is 11.0. The van der Waals surface area contributed by atoms with Gasteiger partial charge < -0.3 is 4.90 Å². The summed E-state index contributed by atoms with van der Waals surface area (Å²) >= 11 is 1.31. The molecule has 0 saturated carbocycles. The molecule has 1 aromatic heterocycles. The van der Waals surface area contributed by atoms with Crippen molar-refractivity contribution in [3.63, 3.8) is 0 Å². The predicted molar refractivity (Wildman–Crippen MR) is 86.1 cm³/mol. The molecule has 0 N–H and O–H groups in total. The van der Waals surface area contributed by atoms with Gasteiger partial charge in [0.25, 0.3) is 0 Å². The lowest BCUT2D eigenvalue weighted by Crippen LogP contribution is -2.38. The summed E-state index contributed by atoms with van der Waals surface area (Å²) in [4.78, 5) is 13.7. The van der Waals surface area contributed by atoms with E-state index >= 15 is 0 Å². The summed E-state index contributed by atoms with van der Waals surface area (Å²) in [5.41, 5.74) is 1.21. The van der Waals surface area contributed by atoms with Crippen molar-refractivity contribution in [2.75, 3.05) is 14.1 Å². The number of fused-ring (bicyclic) bond motifs is 1. The van der Waals surface area contributed by atoms with E-state index in [-0.39, 0.29) is 11.7 Å². The number of carbonyl (C=O) groups is 1. The number of aromatic nitrogens is 3. The lowest BCUT2D eigenvalue weighted by atomic mass is 10.1. The molecule has 1 aromatic carbocycles. The van der Waals surface area contributed by atoms with Gasteiger partial charge in [0.1, 0.15) is 11.1 Å². The van der Waals surface area contributed by atoms with Gasteiger partial charge in [-0.1, -0.05) is 30.0 Å². The number of amides is 1. The van der Waals surface area contributed by atoms with Crippen molar-refractivity contribution in [3.05, 3.63) is 41.5 Å². The SMILES string of the molecule is CC1=Nn2c(Cc3ccccc3F)nnc2S[C@@H]1C(=O)N(C)C. The van der Waals surface area contributed by atoms with Crippen LogP contribution in [-0.2, 0) is 11.2 Å². The van der Waals surface area contributed by atoms with Gasteiger partial charge in [0.2, 0.25) is 11.1 Å². The number of carbonyl (C=O) groups excluding carboxylic acids is 1. The monoisotopic (exact) mass is 333 g/mol. The Kier molecular flexibility index (Phi) is 4.16. The fraction of sp³-hybridized carbons (Fsp3) is 0.333. The number of rotatable bonds is 3. The Balaban J connectivity index is 1.90. The fourth-order valence-electron chi connectivity index (χ4n) is 2.26. The van der Waals surface area contributed by atoms with Crippen molar-refractivity contribution >= 4 is 23.4 Å². The second-order valence-corrected chi connectivity index (χ2v) is 6.52. The fourth-order valence-corrected chi connectivity index (χ4v) is 3.33. The Bertz CT molecular complexity index is 786. The average Bonchev–Trinajstić information content (AvgIpc) is 2.90. The maximum absolute atomic E-state index is 13.8. The zero-order valence-electron chi connectivity index (χ0n) is 13.0. The molecule has 0 spiro atoms. The minimum Gasteiger partial charge on any atom is -0.348 e. The van der Waals surface area contributed by atoms with E-state index < -0.39 is 5.25 Å². The van der Waals surface area contributed by atoms with Crippen molar-refractivity contribution in [2.45, 2.75) is 23.8 Å². The Labute approximate surface area is 137 Å². The van der Waals surface area contributed by atoms with Crippen LogP contribution in [-0.4, -0.2) is 50.7 Å². The minimum absolute atomic E-state index is 0.0406. The quantitative estimate of drug-likeness (QED) is 0.859. The van der Waals surface area contributed by atoms with Crippen LogP contribution in [0.5, 0.6) is 0 Å². The zero-order chi connectivity index (χ0) is 16.6. The molecule has 1 atom stereocenters. The highest BCUT2D eigenvalue weighted by Crippen LogP contribution is 2.29. The van der Waals surface area contributed by atoms with Gasteiger partial charge in [0.05, 0.1) is 5.71 Å². The molecule has 0 unspecified atom stereocenters. The smallest absolute Gasteiger partial charge is 0.241 e. The number of nitrogens with zero attached hydrogens (tertiary/aromatic N) is 5. The van der Waals surface area contributed by atoms with Gasteiger partial charge in [0.15, 0.2) is 5.82 Å². The molecule has 0 bridgehead atoms. The van der Waals surface area contributed by atoms with Gasteiger partial charge in [-0.25, -0.2) is 4.39 Å². The van der Waals surface area contributed by atoms with Gasteiger partial charge in [-0.2, -0.15) is 9.78 Å². The Morgan fingerprint density at radius 3 is 2.78 bits per heavy atom. The third-order valence-corrected chi connectivity index (χ3v) is 4.75. The van der Waals surface area contributed by atoms with Crippen LogP contribution in [0.4, 0.5) is 4.39 Å². The van der Waals surface area contributed by atoms with Crippen LogP contribution < -0.4 is 0 Å². The summed E-state index contributed by atoms with van der Waals surface area (Å²) in [5, 5.41) is 12.8. The zero-order valence-corrected chi connectivity index (χ0v) is 13.8. The summed E-state index contributed by atoms with van der Waals surface area (Å²) in [5.74, 6) is 0.225. The number of hydrogen-bond donors (Lipinski definition) is 0. The Morgan fingerprint density at radius 1 is 1.35 bits per heavy atom. The third-order valence-electron chi connectivity index (χ3n) is 3.51. The standard InChI is InChI=1S/C15H16FN5OS/c1-9-13(14(22)20(2)3)23-15-18-17-12(21(15)19-9)8-10-6-4-5-7-11(10)16/h4-7,13H,8H2,1-3H3/t13-/m0/s1. The molecule has 0 aliphatic carbocycles. The molecule has 2 heterocycles. The van der Waals surface area contributed by atoms with E-state index in [1.165, 1.54) is 22.7 Å². The summed E-state index contributed by atoms with van der Waals surface area (Å²) in [6.45, 7) is 1.80. The third kappa shape index (κ3) is 2.98. The second kappa shape index (κ2) is 6.11. The second-order valence-electron chi connectivity index (χ2n) is 5.45. The van der Waals surface area contributed by atoms with Crippen molar-refractivity contribution in [3.8, 4) is 0 Å². The molecule has 0 radical (unpaired) electrons. The van der Waals surface area contributed by atoms with Crippen molar-refractivity contribution < 1.29 is 9.18 Å². The van der Waals surface area contributed by atoms with Crippen molar-refractivity contribution in [1.82, 2.24) is 19.8 Å². The highest BCUT2D eigenvalue weighted by atomic mass is 32.2. The number of thioether (sulfide) groups is 1. The Hall–Kier alpha value is -2.22. The highest BCUT2D eigenvalue weighted by Gasteiger charge is 2.31. The van der Waals surface area contributed by atoms with Crippen molar-refractivity contribution in [1.29, 1.82) is 0 Å². The van der Waals surface area contributed by atoms with Crippen molar-refractivity contribution in [2.24, 2.45) is 5.10 Å². The molecule has 2 aromatic rings. The van der Waals surface area contributed by atoms with E-state index in [0.29, 0.717) is 28.7 Å². The molecule has 6 nitrogen and oxygen atoms in total. The summed E-state index contributed by atoms with van der Waals surface area (Å²) in [6.07, 6.45) is 0.295. The molecular formula is C15H16FN5OS. The van der Waals surface area contributed by atoms with E-state index in [2.05, 4.69) is 15.3 Å². The maximum Gasteiger partial charge on any atom is 0.241 e. The summed E-state index contributed by atoms with van der Waals surface area (Å²) in [7, 11) is 3.41. The molecule has 0 fully saturated rings. The van der Waals surface area contributed by atoms with Gasteiger partial charge in [0, 0.05) is 20.5 Å². The molecule has 1 aliphatic heterocycles. The molecule has 8 heteroatoms. The number of halogens is 1. The van der Waals surface area contributed by atoms with Crippen LogP contribution in [0.2, 0.25) is 0 Å². The van der Waals surface area contributed by atoms with Crippen LogP contribution >= 0.6 is 11.8 Å². The summed E-state index contributed by atoms with van der Waals surface area (Å²) < 4.78 is 15.4. The normalized spacial score (nSPS) is 16.7. The van der Waals surface area contributed by atoms with Crippen LogP contribution in [0, 0.1) is 5.82 Å². The lowest BCUT2D eigenvalue weighted by molar-refractivity contribution is -0.126. The first-order valence-corrected chi connectivity index (χ1v) is 7.96. The van der Waals surface area contributed by atoms with Gasteiger partial charge in [-0.15, -0.1) is 10.2 Å². The van der Waals surface area contributed by atoms with Crippen LogP contribution in [0.3, 0.4) is 0 Å². The molecule has 23 heavy (non-hydrogen) atoms. The predicted octanol–water partition coefficient (Wildman–Crippen LogP) is 1.79. The van der Waals surface area contributed by atoms with E-state index in [1.807, 2.05) is 0 Å². The maximum atomic E-state index is 13.8. The summed E-state index contributed by atoms with van der Waals surface area (Å²) in [6, 6.07) is 6.55. The number of hydrogen-bond acceptors (Lipinski definition) is 5. The minimum atomic E-state index is -0.400. The van der Waals surface area contributed by atoms with E-state index in [9.17, 15) is 9.18 Å². The number of benzene rings is 1. The van der Waals surface area contributed by atoms with Gasteiger partial charge in [-0.05, 0) is 18.6 Å². The molecule has 3 rings (SSSR count). The molecule has 1 aliphatic rings. The molecule has 0 saturated heterocycles. The van der Waals surface area contributed by atoms with E-state index in [0.717, 1.165) is 0 Å². The first-order valence-electron chi connectivity index (χ1n) is 7.08. The highest BCUT2D eigenvalue weighted by molar-refractivity contribution is 8.01. The van der Waals surface area contributed by atoms with Gasteiger partial charge in [-0.3, -0.25) is 4.79 Å². The van der Waals surface area contributed by atoms with E-state index in [4.69, 9.17) is 0 Å². The van der Waals surface area contributed by atoms with E-state index in [1.54, 1.807) is 43.9 Å². The largest absolute Gasteiger partial charge is 0.348 e. The molecule has 120 valence electrons. The topological polar surface area (TPSA) is 63.4 Å². The van der Waals surface area contributed by atoms with Crippen LogP contribution in [0.15, 0.2) is 34.5 Å². The average molecular weight is 333 g/mol. The van der Waals surface area contributed by atoms with Crippen LogP contribution in [0.1, 0.15) is 18.3 Å². The molecule has 1 amide bonds. The first kappa shape index (κ1) is 15.7. The lowest BCUT2D eigenvalue weighted by Gasteiger charge is -2.22. The molecular weight excluding hydrogens is 317 g/mol. The van der Waals surface area contributed by atoms with Gasteiger partial charge >= 0.3 is 0 Å². The van der Waals surface area contributed by atoms with Crippen LogP contribution in [0.25, 0.3) is 0 Å². The Morgan fingerprint density at radius 2 is 2.09 bits per heavy atom.